The molecule has 0 unspecified atom stereocenters. The molecule has 18 heavy (non-hydrogen) atoms. The third kappa shape index (κ3) is 2.65. The SMILES string of the molecule is CNc1ncc(F)cc1C(=O)NCc1ccco1. The van der Waals surface area contributed by atoms with Crippen molar-refractivity contribution in [3.8, 4) is 0 Å². The minimum Gasteiger partial charge on any atom is -0.467 e. The van der Waals surface area contributed by atoms with Gasteiger partial charge in [-0.25, -0.2) is 9.37 Å². The second-order valence-electron chi connectivity index (χ2n) is 3.56. The molecule has 0 spiro atoms. The van der Waals surface area contributed by atoms with Crippen molar-refractivity contribution in [3.63, 3.8) is 0 Å². The second kappa shape index (κ2) is 5.31. The number of nitrogens with one attached hydrogen (secondary N) is 2. The number of aromatic nitrogens is 1. The van der Waals surface area contributed by atoms with Gasteiger partial charge in [-0.15, -0.1) is 0 Å². The highest BCUT2D eigenvalue weighted by Crippen LogP contribution is 2.13. The maximum absolute atomic E-state index is 13.1. The van der Waals surface area contributed by atoms with Crippen LogP contribution in [0.5, 0.6) is 0 Å². The van der Waals surface area contributed by atoms with E-state index in [-0.39, 0.29) is 12.1 Å². The minimum absolute atomic E-state index is 0.157. The van der Waals surface area contributed by atoms with Crippen molar-refractivity contribution in [2.45, 2.75) is 6.54 Å². The monoisotopic (exact) mass is 249 g/mol. The lowest BCUT2D eigenvalue weighted by atomic mass is 10.2. The van der Waals surface area contributed by atoms with E-state index in [2.05, 4.69) is 15.6 Å². The van der Waals surface area contributed by atoms with E-state index in [4.69, 9.17) is 4.42 Å². The largest absolute Gasteiger partial charge is 0.467 e. The van der Waals surface area contributed by atoms with Crippen molar-refractivity contribution in [2.24, 2.45) is 0 Å². The second-order valence-corrected chi connectivity index (χ2v) is 3.56. The number of anilines is 1. The van der Waals surface area contributed by atoms with Gasteiger partial charge in [0.05, 0.1) is 24.6 Å². The van der Waals surface area contributed by atoms with Crippen LogP contribution in [-0.4, -0.2) is 17.9 Å². The molecule has 1 amide bonds. The molecule has 0 aliphatic heterocycles. The van der Waals surface area contributed by atoms with Gasteiger partial charge in [-0.1, -0.05) is 0 Å². The van der Waals surface area contributed by atoms with Crippen LogP contribution in [-0.2, 0) is 6.54 Å². The summed E-state index contributed by atoms with van der Waals surface area (Å²) in [5.41, 5.74) is 0.157. The van der Waals surface area contributed by atoms with Crippen molar-refractivity contribution in [1.82, 2.24) is 10.3 Å². The molecule has 0 saturated heterocycles. The summed E-state index contributed by atoms with van der Waals surface area (Å²) in [6.07, 6.45) is 2.57. The van der Waals surface area contributed by atoms with Gasteiger partial charge >= 0.3 is 0 Å². The lowest BCUT2D eigenvalue weighted by Crippen LogP contribution is -2.24. The molecular formula is C12H12FN3O2. The zero-order chi connectivity index (χ0) is 13.0. The topological polar surface area (TPSA) is 67.2 Å². The maximum Gasteiger partial charge on any atom is 0.255 e. The fourth-order valence-electron chi connectivity index (χ4n) is 1.49. The Morgan fingerprint density at radius 1 is 1.56 bits per heavy atom. The Labute approximate surface area is 103 Å². The Bertz CT molecular complexity index is 540. The van der Waals surface area contributed by atoms with Gasteiger partial charge < -0.3 is 15.1 Å². The van der Waals surface area contributed by atoms with Crippen LogP contribution in [0.4, 0.5) is 10.2 Å². The fraction of sp³-hybridized carbons (Fsp3) is 0.167. The van der Waals surface area contributed by atoms with Crippen LogP contribution in [0, 0.1) is 5.82 Å². The third-order valence-corrected chi connectivity index (χ3v) is 2.34. The molecule has 2 aromatic rings. The van der Waals surface area contributed by atoms with E-state index < -0.39 is 11.7 Å². The normalized spacial score (nSPS) is 10.1. The molecule has 5 nitrogen and oxygen atoms in total. The number of pyridine rings is 1. The van der Waals surface area contributed by atoms with Crippen molar-refractivity contribution in [1.29, 1.82) is 0 Å². The summed E-state index contributed by atoms with van der Waals surface area (Å²) in [6.45, 7) is 0.242. The number of carbonyl (C=O) groups excluding carboxylic acids is 1. The highest BCUT2D eigenvalue weighted by atomic mass is 19.1. The number of furan rings is 1. The average Bonchev–Trinajstić information content (AvgIpc) is 2.89. The number of hydrogen-bond donors (Lipinski definition) is 2. The molecule has 0 aromatic carbocycles. The summed E-state index contributed by atoms with van der Waals surface area (Å²) >= 11 is 0. The molecule has 2 N–H and O–H groups in total. The third-order valence-electron chi connectivity index (χ3n) is 2.34. The Kier molecular flexibility index (Phi) is 3.57. The van der Waals surface area contributed by atoms with Crippen LogP contribution in [0.1, 0.15) is 16.1 Å². The van der Waals surface area contributed by atoms with Crippen LogP contribution in [0.2, 0.25) is 0 Å². The molecule has 2 heterocycles. The molecule has 94 valence electrons. The average molecular weight is 249 g/mol. The lowest BCUT2D eigenvalue weighted by molar-refractivity contribution is 0.0948. The molecule has 0 atom stereocenters. The molecule has 6 heteroatoms. The van der Waals surface area contributed by atoms with Gasteiger partial charge in [-0.05, 0) is 18.2 Å². The first kappa shape index (κ1) is 12.1. The summed E-state index contributed by atoms with van der Waals surface area (Å²) in [4.78, 5) is 15.7. The highest BCUT2D eigenvalue weighted by molar-refractivity contribution is 5.98. The first-order chi connectivity index (χ1) is 8.70. The van der Waals surface area contributed by atoms with Crippen molar-refractivity contribution in [3.05, 3.63) is 47.8 Å². The van der Waals surface area contributed by atoms with E-state index in [1.54, 1.807) is 19.2 Å². The number of halogens is 1. The van der Waals surface area contributed by atoms with E-state index in [1.807, 2.05) is 0 Å². The zero-order valence-corrected chi connectivity index (χ0v) is 9.74. The summed E-state index contributed by atoms with van der Waals surface area (Å²) < 4.78 is 18.1. The van der Waals surface area contributed by atoms with E-state index in [0.717, 1.165) is 12.3 Å². The molecular weight excluding hydrogens is 237 g/mol. The Balaban J connectivity index is 2.10. The van der Waals surface area contributed by atoms with Crippen molar-refractivity contribution < 1.29 is 13.6 Å². The number of amides is 1. The Morgan fingerprint density at radius 2 is 2.39 bits per heavy atom. The molecule has 0 aliphatic carbocycles. The van der Waals surface area contributed by atoms with Crippen LogP contribution in [0.15, 0.2) is 35.1 Å². The molecule has 2 rings (SSSR count). The Morgan fingerprint density at radius 3 is 3.06 bits per heavy atom. The van der Waals surface area contributed by atoms with Gasteiger partial charge in [0.15, 0.2) is 0 Å². The summed E-state index contributed by atoms with van der Waals surface area (Å²) in [7, 11) is 1.61. The van der Waals surface area contributed by atoms with Crippen molar-refractivity contribution in [2.75, 3.05) is 12.4 Å². The summed E-state index contributed by atoms with van der Waals surface area (Å²) in [6, 6.07) is 4.60. The molecule has 2 aromatic heterocycles. The van der Waals surface area contributed by atoms with Crippen LogP contribution in [0.3, 0.4) is 0 Å². The molecule has 0 aliphatic rings. The number of carbonyl (C=O) groups is 1. The highest BCUT2D eigenvalue weighted by Gasteiger charge is 2.13. The van der Waals surface area contributed by atoms with Crippen molar-refractivity contribution >= 4 is 11.7 Å². The van der Waals surface area contributed by atoms with Crippen LogP contribution < -0.4 is 10.6 Å². The van der Waals surface area contributed by atoms with E-state index in [9.17, 15) is 9.18 Å². The van der Waals surface area contributed by atoms with Gasteiger partial charge in [0.2, 0.25) is 0 Å². The summed E-state index contributed by atoms with van der Waals surface area (Å²) in [5, 5.41) is 5.36. The fourth-order valence-corrected chi connectivity index (χ4v) is 1.49. The lowest BCUT2D eigenvalue weighted by Gasteiger charge is -2.08. The van der Waals surface area contributed by atoms with Gasteiger partial charge in [0.1, 0.15) is 17.4 Å². The number of hydrogen-bond acceptors (Lipinski definition) is 4. The first-order valence-electron chi connectivity index (χ1n) is 5.34. The Hall–Kier alpha value is -2.37. The molecule has 0 fully saturated rings. The predicted molar refractivity (Wildman–Crippen MR) is 63.6 cm³/mol. The number of nitrogens with zero attached hydrogens (tertiary/aromatic N) is 1. The standard InChI is InChI=1S/C12H12FN3O2/c1-14-11-10(5-8(13)6-15-11)12(17)16-7-9-3-2-4-18-9/h2-6H,7H2,1H3,(H,14,15)(H,16,17). The van der Waals surface area contributed by atoms with Gasteiger partial charge in [-0.2, -0.15) is 0 Å². The first-order valence-corrected chi connectivity index (χ1v) is 5.34. The summed E-state index contributed by atoms with van der Waals surface area (Å²) in [5.74, 6) is -0.0213. The molecule has 0 radical (unpaired) electrons. The minimum atomic E-state index is -0.558. The molecule has 0 saturated carbocycles. The van der Waals surface area contributed by atoms with Gasteiger partial charge in [0, 0.05) is 7.05 Å². The van der Waals surface area contributed by atoms with E-state index >= 15 is 0 Å². The predicted octanol–water partition coefficient (Wildman–Crippen LogP) is 1.79. The van der Waals surface area contributed by atoms with Crippen LogP contribution in [0.25, 0.3) is 0 Å². The molecule has 0 bridgehead atoms. The van der Waals surface area contributed by atoms with Gasteiger partial charge in [0.25, 0.3) is 5.91 Å². The zero-order valence-electron chi connectivity index (χ0n) is 9.74. The van der Waals surface area contributed by atoms with Gasteiger partial charge in [-0.3, -0.25) is 4.79 Å². The smallest absolute Gasteiger partial charge is 0.255 e. The maximum atomic E-state index is 13.1. The van der Waals surface area contributed by atoms with Crippen LogP contribution >= 0.6 is 0 Å². The quantitative estimate of drug-likeness (QED) is 0.866. The number of rotatable bonds is 4. The van der Waals surface area contributed by atoms with E-state index in [1.165, 1.54) is 6.26 Å². The van der Waals surface area contributed by atoms with E-state index in [0.29, 0.717) is 11.6 Å².